The number of benzene rings is 2. The quantitative estimate of drug-likeness (QED) is 0.215. The smallest absolute Gasteiger partial charge is 0.262 e. The van der Waals surface area contributed by atoms with E-state index >= 15 is 0 Å². The predicted octanol–water partition coefficient (Wildman–Crippen LogP) is 4.71. The molecule has 5 aliphatic heterocycles. The molecule has 1 unspecified atom stereocenters. The van der Waals surface area contributed by atoms with E-state index < -0.39 is 23.8 Å². The Morgan fingerprint density at radius 3 is 2.19 bits per heavy atom. The van der Waals surface area contributed by atoms with Gasteiger partial charge in [-0.05, 0) is 125 Å². The minimum Gasteiger partial charge on any atom is -0.488 e. The number of hydrogen-bond acceptors (Lipinski definition) is 11. The first-order valence-electron chi connectivity index (χ1n) is 21.6. The molecule has 1 atom stereocenters. The van der Waals surface area contributed by atoms with Crippen LogP contribution >= 0.6 is 0 Å². The second kappa shape index (κ2) is 15.4. The fraction of sp³-hybridized carbons (Fsp3) is 0.511. The molecular formula is C45H53N9O5. The number of nitrogens with zero attached hydrogens (tertiary/aromatic N) is 7. The topological polar surface area (TPSA) is 147 Å². The molecule has 1 saturated carbocycles. The number of H-pyrrole nitrogens is 1. The number of pyridine rings is 1. The maximum absolute atomic E-state index is 13.4. The molecule has 10 rings (SSSR count). The van der Waals surface area contributed by atoms with Gasteiger partial charge in [0.05, 0.1) is 16.6 Å². The highest BCUT2D eigenvalue weighted by molar-refractivity contribution is 6.23. The molecule has 14 heteroatoms. The molecule has 2 N–H and O–H groups in total. The molecule has 5 fully saturated rings. The molecule has 6 aliphatic rings. The molecule has 4 saturated heterocycles. The normalized spacial score (nSPS) is 23.3. The van der Waals surface area contributed by atoms with E-state index in [1.54, 1.807) is 6.07 Å². The molecule has 59 heavy (non-hydrogen) atoms. The first kappa shape index (κ1) is 37.9. The maximum Gasteiger partial charge on any atom is 0.262 e. The Bertz CT molecular complexity index is 2280. The number of anilines is 2. The predicted molar refractivity (Wildman–Crippen MR) is 223 cm³/mol. The lowest BCUT2D eigenvalue weighted by Gasteiger charge is -2.41. The maximum atomic E-state index is 13.4. The van der Waals surface area contributed by atoms with E-state index in [0.29, 0.717) is 17.0 Å². The number of fused-ring (bicyclic) bond motifs is 2. The van der Waals surface area contributed by atoms with Crippen LogP contribution < -0.4 is 19.9 Å². The lowest BCUT2D eigenvalue weighted by molar-refractivity contribution is -0.136. The van der Waals surface area contributed by atoms with Gasteiger partial charge in [-0.3, -0.25) is 39.4 Å². The van der Waals surface area contributed by atoms with Crippen LogP contribution in [0.3, 0.4) is 0 Å². The average molecular weight is 800 g/mol. The molecule has 14 nitrogen and oxygen atoms in total. The molecule has 0 spiro atoms. The lowest BCUT2D eigenvalue weighted by atomic mass is 9.92. The van der Waals surface area contributed by atoms with Crippen LogP contribution in [0, 0.1) is 11.8 Å². The van der Waals surface area contributed by atoms with Gasteiger partial charge >= 0.3 is 0 Å². The summed E-state index contributed by atoms with van der Waals surface area (Å²) >= 11 is 0. The van der Waals surface area contributed by atoms with E-state index in [2.05, 4.69) is 60.2 Å². The van der Waals surface area contributed by atoms with Gasteiger partial charge in [-0.1, -0.05) is 0 Å². The van der Waals surface area contributed by atoms with Crippen LogP contribution in [0.25, 0.3) is 22.2 Å². The third-order valence-corrected chi connectivity index (χ3v) is 13.7. The van der Waals surface area contributed by atoms with Crippen LogP contribution in [-0.2, 0) is 9.59 Å². The van der Waals surface area contributed by atoms with E-state index in [0.717, 1.165) is 141 Å². The molecular weight excluding hydrogens is 747 g/mol. The number of imide groups is 2. The van der Waals surface area contributed by atoms with E-state index in [9.17, 15) is 19.2 Å². The Morgan fingerprint density at radius 1 is 0.746 bits per heavy atom. The number of piperidine rings is 3. The largest absolute Gasteiger partial charge is 0.488 e. The van der Waals surface area contributed by atoms with Crippen molar-refractivity contribution in [3.05, 3.63) is 65.9 Å². The first-order valence-corrected chi connectivity index (χ1v) is 21.6. The highest BCUT2D eigenvalue weighted by atomic mass is 16.5. The minimum atomic E-state index is -0.950. The van der Waals surface area contributed by atoms with Gasteiger partial charge in [-0.2, -0.15) is 5.10 Å². The number of likely N-dealkylation sites (tertiary alicyclic amines) is 1. The molecule has 0 bridgehead atoms. The van der Waals surface area contributed by atoms with E-state index in [4.69, 9.17) is 9.72 Å². The van der Waals surface area contributed by atoms with Crippen LogP contribution in [0.2, 0.25) is 0 Å². The number of carbonyl (C=O) groups excluding carboxylic acids is 4. The van der Waals surface area contributed by atoms with Gasteiger partial charge < -0.3 is 19.4 Å². The first-order chi connectivity index (χ1) is 28.7. The number of nitrogens with one attached hydrogen (secondary N) is 2. The van der Waals surface area contributed by atoms with Gasteiger partial charge in [0.2, 0.25) is 11.8 Å². The van der Waals surface area contributed by atoms with E-state index in [1.807, 2.05) is 30.5 Å². The summed E-state index contributed by atoms with van der Waals surface area (Å²) in [7, 11) is 0. The van der Waals surface area contributed by atoms with Crippen molar-refractivity contribution < 1.29 is 23.9 Å². The van der Waals surface area contributed by atoms with Crippen LogP contribution in [0.4, 0.5) is 11.5 Å². The van der Waals surface area contributed by atoms with Crippen LogP contribution in [-0.4, -0.2) is 131 Å². The average Bonchev–Trinajstić information content (AvgIpc) is 3.73. The summed E-state index contributed by atoms with van der Waals surface area (Å²) in [4.78, 5) is 66.4. The van der Waals surface area contributed by atoms with E-state index in [1.165, 1.54) is 12.8 Å². The Morgan fingerprint density at radius 2 is 1.46 bits per heavy atom. The number of carbonyl (C=O) groups is 4. The molecule has 0 radical (unpaired) electrons. The van der Waals surface area contributed by atoms with Gasteiger partial charge in [0.1, 0.15) is 28.9 Å². The number of aromatic nitrogens is 3. The van der Waals surface area contributed by atoms with Crippen molar-refractivity contribution in [1.82, 2.24) is 35.2 Å². The molecule has 7 heterocycles. The van der Waals surface area contributed by atoms with Crippen molar-refractivity contribution in [3.63, 3.8) is 0 Å². The third-order valence-electron chi connectivity index (χ3n) is 13.7. The Labute approximate surface area is 344 Å². The van der Waals surface area contributed by atoms with Gasteiger partial charge in [0, 0.05) is 81.6 Å². The van der Waals surface area contributed by atoms with Crippen molar-refractivity contribution in [2.45, 2.75) is 69.9 Å². The molecule has 4 amide bonds. The SMILES string of the molecule is CC1(Oc2ccc3[nH]nc(-c4ccnc(N5CCN(CC6CCN(CC7CCN(c8ccc9c(c8)C(=O)N(C8CCC(=O)NC8=O)C9=O)CC7)CC6)CC5)c4)c3c2)CC1. The van der Waals surface area contributed by atoms with Crippen LogP contribution in [0.15, 0.2) is 54.7 Å². The number of amides is 4. The Hall–Kier alpha value is -5.34. The molecule has 4 aromatic rings. The van der Waals surface area contributed by atoms with Crippen molar-refractivity contribution in [2.24, 2.45) is 11.8 Å². The number of piperazine rings is 1. The summed E-state index contributed by atoms with van der Waals surface area (Å²) in [6, 6.07) is 14.9. The zero-order valence-electron chi connectivity index (χ0n) is 33.8. The second-order valence-corrected chi connectivity index (χ2v) is 17.9. The Balaban J connectivity index is 0.666. The zero-order valence-corrected chi connectivity index (χ0v) is 33.8. The minimum absolute atomic E-state index is 0.0273. The summed E-state index contributed by atoms with van der Waals surface area (Å²) in [5.41, 5.74) is 4.57. The summed E-state index contributed by atoms with van der Waals surface area (Å²) < 4.78 is 6.25. The van der Waals surface area contributed by atoms with Crippen molar-refractivity contribution in [2.75, 3.05) is 75.2 Å². The van der Waals surface area contributed by atoms with Gasteiger partial charge in [0.25, 0.3) is 11.8 Å². The van der Waals surface area contributed by atoms with Gasteiger partial charge in [0.15, 0.2) is 0 Å². The van der Waals surface area contributed by atoms with Crippen molar-refractivity contribution in [3.8, 4) is 17.0 Å². The summed E-state index contributed by atoms with van der Waals surface area (Å²) in [6.45, 7) is 12.6. The van der Waals surface area contributed by atoms with E-state index in [-0.39, 0.29) is 24.3 Å². The van der Waals surface area contributed by atoms with Gasteiger partial charge in [-0.25, -0.2) is 4.98 Å². The third kappa shape index (κ3) is 7.68. The fourth-order valence-corrected chi connectivity index (χ4v) is 9.85. The van der Waals surface area contributed by atoms with Crippen molar-refractivity contribution in [1.29, 1.82) is 0 Å². The Kier molecular flexibility index (Phi) is 9.87. The zero-order chi connectivity index (χ0) is 40.3. The summed E-state index contributed by atoms with van der Waals surface area (Å²) in [6.07, 6.45) is 9.02. The number of hydrogen-bond donors (Lipinski definition) is 2. The monoisotopic (exact) mass is 799 g/mol. The second-order valence-electron chi connectivity index (χ2n) is 17.9. The molecule has 2 aromatic carbocycles. The fourth-order valence-electron chi connectivity index (χ4n) is 9.85. The van der Waals surface area contributed by atoms with Gasteiger partial charge in [-0.15, -0.1) is 0 Å². The lowest BCUT2D eigenvalue weighted by Crippen LogP contribution is -2.54. The van der Waals surface area contributed by atoms with Crippen LogP contribution in [0.1, 0.15) is 79.0 Å². The van der Waals surface area contributed by atoms with Crippen molar-refractivity contribution >= 4 is 46.0 Å². The number of aromatic amines is 1. The highest BCUT2D eigenvalue weighted by Gasteiger charge is 2.45. The highest BCUT2D eigenvalue weighted by Crippen LogP contribution is 2.41. The standard InChI is InChI=1S/C45H53N9O5/c1-45(13-14-45)59-33-3-5-37-36(26-33)41(49-48-37)31-8-15-46-39(24-31)53-22-20-51(21-23-53)28-29-9-16-50(17-10-29)27-30-11-18-52(19-12-30)32-2-4-34-35(25-32)44(58)54(43(34)57)38-6-7-40(55)47-42(38)56/h2-5,8,15,24-26,29-30,38H,6-7,9-14,16-23,27-28H2,1H3,(H,48,49)(H,47,55,56). The molecule has 2 aromatic heterocycles. The number of rotatable bonds is 10. The summed E-state index contributed by atoms with van der Waals surface area (Å²) in [5.74, 6) is 1.39. The summed E-state index contributed by atoms with van der Waals surface area (Å²) in [5, 5.41) is 11.2. The number of ether oxygens (including phenoxy) is 1. The molecule has 308 valence electrons. The molecule has 1 aliphatic carbocycles. The van der Waals surface area contributed by atoms with Crippen LogP contribution in [0.5, 0.6) is 5.75 Å².